The summed E-state index contributed by atoms with van der Waals surface area (Å²) in [7, 11) is 0. The SMILES string of the molecule is CC(O)C(=O)Nc1cccc(Cl)c1Cl. The standard InChI is InChI=1S/C9H9Cl2NO2/c1-5(13)9(14)12-7-4-2-3-6(10)8(7)11/h2-5,13H,1H3,(H,12,14). The van der Waals surface area contributed by atoms with Crippen molar-refractivity contribution in [1.82, 2.24) is 0 Å². The molecule has 1 unspecified atom stereocenters. The van der Waals surface area contributed by atoms with Gasteiger partial charge in [0.25, 0.3) is 5.91 Å². The molecule has 0 saturated carbocycles. The highest BCUT2D eigenvalue weighted by atomic mass is 35.5. The molecule has 1 aromatic rings. The third-order valence-corrected chi connectivity index (χ3v) is 2.41. The minimum atomic E-state index is -1.08. The number of halogens is 2. The van der Waals surface area contributed by atoms with Crippen molar-refractivity contribution in [3.05, 3.63) is 28.2 Å². The van der Waals surface area contributed by atoms with Gasteiger partial charge in [0.15, 0.2) is 0 Å². The molecule has 0 fully saturated rings. The lowest BCUT2D eigenvalue weighted by molar-refractivity contribution is -0.123. The van der Waals surface area contributed by atoms with Crippen LogP contribution in [0, 0.1) is 0 Å². The number of rotatable bonds is 2. The molecule has 0 heterocycles. The van der Waals surface area contributed by atoms with Crippen molar-refractivity contribution in [1.29, 1.82) is 0 Å². The van der Waals surface area contributed by atoms with Gasteiger partial charge in [0.1, 0.15) is 6.10 Å². The van der Waals surface area contributed by atoms with Gasteiger partial charge >= 0.3 is 0 Å². The Morgan fingerprint density at radius 3 is 2.71 bits per heavy atom. The molecule has 0 saturated heterocycles. The fourth-order valence-corrected chi connectivity index (χ4v) is 1.19. The fourth-order valence-electron chi connectivity index (χ4n) is 0.838. The highest BCUT2D eigenvalue weighted by Gasteiger charge is 2.11. The molecule has 0 aliphatic rings. The first-order chi connectivity index (χ1) is 6.52. The van der Waals surface area contributed by atoms with E-state index in [1.165, 1.54) is 6.92 Å². The molecule has 76 valence electrons. The number of aliphatic hydroxyl groups is 1. The van der Waals surface area contributed by atoms with Crippen molar-refractivity contribution in [2.24, 2.45) is 0 Å². The number of hydrogen-bond donors (Lipinski definition) is 2. The number of amides is 1. The van der Waals surface area contributed by atoms with Gasteiger partial charge in [0.05, 0.1) is 15.7 Å². The number of carbonyl (C=O) groups is 1. The van der Waals surface area contributed by atoms with Crippen LogP contribution in [0.25, 0.3) is 0 Å². The van der Waals surface area contributed by atoms with Crippen LogP contribution in [-0.2, 0) is 4.79 Å². The maximum Gasteiger partial charge on any atom is 0.252 e. The van der Waals surface area contributed by atoms with Crippen LogP contribution in [0.1, 0.15) is 6.92 Å². The first-order valence-electron chi connectivity index (χ1n) is 3.95. The molecule has 3 nitrogen and oxygen atoms in total. The Balaban J connectivity index is 2.87. The summed E-state index contributed by atoms with van der Waals surface area (Å²) < 4.78 is 0. The maximum atomic E-state index is 11.1. The zero-order valence-corrected chi connectivity index (χ0v) is 8.93. The second kappa shape index (κ2) is 4.64. The first-order valence-corrected chi connectivity index (χ1v) is 4.71. The highest BCUT2D eigenvalue weighted by Crippen LogP contribution is 2.29. The van der Waals surface area contributed by atoms with Crippen molar-refractivity contribution < 1.29 is 9.90 Å². The summed E-state index contributed by atoms with van der Waals surface area (Å²) in [6.45, 7) is 1.37. The van der Waals surface area contributed by atoms with E-state index in [1.807, 2.05) is 0 Å². The summed E-state index contributed by atoms with van der Waals surface area (Å²) >= 11 is 11.5. The van der Waals surface area contributed by atoms with Crippen LogP contribution in [0.15, 0.2) is 18.2 Å². The van der Waals surface area contributed by atoms with E-state index in [0.717, 1.165) is 0 Å². The van der Waals surface area contributed by atoms with E-state index in [-0.39, 0.29) is 5.02 Å². The number of hydrogen-bond acceptors (Lipinski definition) is 2. The Labute approximate surface area is 91.6 Å². The van der Waals surface area contributed by atoms with E-state index in [9.17, 15) is 4.79 Å². The van der Waals surface area contributed by atoms with E-state index in [0.29, 0.717) is 10.7 Å². The Kier molecular flexibility index (Phi) is 3.75. The summed E-state index contributed by atoms with van der Waals surface area (Å²) in [4.78, 5) is 11.1. The van der Waals surface area contributed by atoms with Gasteiger partial charge in [0.2, 0.25) is 0 Å². The molecule has 1 rings (SSSR count). The molecule has 5 heteroatoms. The minimum absolute atomic E-state index is 0.267. The zero-order valence-electron chi connectivity index (χ0n) is 7.42. The van der Waals surface area contributed by atoms with Gasteiger partial charge in [0, 0.05) is 0 Å². The summed E-state index contributed by atoms with van der Waals surface area (Å²) in [5.74, 6) is -0.519. The molecular weight excluding hydrogens is 225 g/mol. The monoisotopic (exact) mass is 233 g/mol. The Hall–Kier alpha value is -0.770. The van der Waals surface area contributed by atoms with Crippen LogP contribution in [0.3, 0.4) is 0 Å². The average Bonchev–Trinajstić information content (AvgIpc) is 2.12. The van der Waals surface area contributed by atoms with E-state index < -0.39 is 12.0 Å². The minimum Gasteiger partial charge on any atom is -0.384 e. The molecule has 0 aliphatic heterocycles. The van der Waals surface area contributed by atoms with Gasteiger partial charge in [-0.05, 0) is 19.1 Å². The highest BCUT2D eigenvalue weighted by molar-refractivity contribution is 6.44. The van der Waals surface area contributed by atoms with Gasteiger partial charge in [-0.2, -0.15) is 0 Å². The Morgan fingerprint density at radius 1 is 1.50 bits per heavy atom. The van der Waals surface area contributed by atoms with E-state index >= 15 is 0 Å². The summed E-state index contributed by atoms with van der Waals surface area (Å²) in [5, 5.41) is 12.0. The molecule has 0 bridgehead atoms. The average molecular weight is 234 g/mol. The molecule has 0 aliphatic carbocycles. The van der Waals surface area contributed by atoms with Crippen LogP contribution in [0.5, 0.6) is 0 Å². The zero-order chi connectivity index (χ0) is 10.7. The number of aliphatic hydroxyl groups excluding tert-OH is 1. The molecule has 1 amide bonds. The van der Waals surface area contributed by atoms with E-state index in [4.69, 9.17) is 28.3 Å². The van der Waals surface area contributed by atoms with Crippen LogP contribution in [-0.4, -0.2) is 17.1 Å². The molecule has 2 N–H and O–H groups in total. The second-order valence-electron chi connectivity index (χ2n) is 2.77. The van der Waals surface area contributed by atoms with E-state index in [2.05, 4.69) is 5.32 Å². The summed E-state index contributed by atoms with van der Waals surface area (Å²) in [6.07, 6.45) is -1.08. The molecule has 0 aromatic heterocycles. The van der Waals surface area contributed by atoms with Gasteiger partial charge in [-0.15, -0.1) is 0 Å². The first kappa shape index (κ1) is 11.3. The van der Waals surface area contributed by atoms with Crippen LogP contribution in [0.2, 0.25) is 10.0 Å². The number of anilines is 1. The van der Waals surface area contributed by atoms with Crippen molar-refractivity contribution >= 4 is 34.8 Å². The predicted molar refractivity (Wildman–Crippen MR) is 56.8 cm³/mol. The second-order valence-corrected chi connectivity index (χ2v) is 3.55. The van der Waals surface area contributed by atoms with Crippen LogP contribution in [0.4, 0.5) is 5.69 Å². The topological polar surface area (TPSA) is 49.3 Å². The van der Waals surface area contributed by atoms with Crippen molar-refractivity contribution in [3.63, 3.8) is 0 Å². The third-order valence-electron chi connectivity index (χ3n) is 1.59. The number of nitrogens with one attached hydrogen (secondary N) is 1. The Morgan fingerprint density at radius 2 is 2.14 bits per heavy atom. The van der Waals surface area contributed by atoms with Gasteiger partial charge in [-0.1, -0.05) is 29.3 Å². The largest absolute Gasteiger partial charge is 0.384 e. The molecule has 1 atom stereocenters. The summed E-state index contributed by atoms with van der Waals surface area (Å²) in [5.41, 5.74) is 0.394. The fraction of sp³-hybridized carbons (Fsp3) is 0.222. The summed E-state index contributed by atoms with van der Waals surface area (Å²) in [6, 6.07) is 4.88. The van der Waals surface area contributed by atoms with Crippen molar-refractivity contribution in [2.45, 2.75) is 13.0 Å². The lowest BCUT2D eigenvalue weighted by Gasteiger charge is -2.09. The van der Waals surface area contributed by atoms with Crippen molar-refractivity contribution in [3.8, 4) is 0 Å². The predicted octanol–water partition coefficient (Wildman–Crippen LogP) is 2.31. The smallest absolute Gasteiger partial charge is 0.252 e. The van der Waals surface area contributed by atoms with Gasteiger partial charge in [-0.25, -0.2) is 0 Å². The normalized spacial score (nSPS) is 12.3. The number of carbonyl (C=O) groups excluding carboxylic acids is 1. The molecule has 1 aromatic carbocycles. The third kappa shape index (κ3) is 2.61. The molecule has 14 heavy (non-hydrogen) atoms. The lowest BCUT2D eigenvalue weighted by atomic mass is 10.3. The quantitative estimate of drug-likeness (QED) is 0.824. The maximum absolute atomic E-state index is 11.1. The van der Waals surface area contributed by atoms with Gasteiger partial charge in [-0.3, -0.25) is 4.79 Å². The van der Waals surface area contributed by atoms with Crippen molar-refractivity contribution in [2.75, 3.05) is 5.32 Å². The lowest BCUT2D eigenvalue weighted by Crippen LogP contribution is -2.24. The number of benzene rings is 1. The van der Waals surface area contributed by atoms with E-state index in [1.54, 1.807) is 18.2 Å². The van der Waals surface area contributed by atoms with Crippen LogP contribution < -0.4 is 5.32 Å². The molecular formula is C9H9Cl2NO2. The van der Waals surface area contributed by atoms with Crippen LogP contribution >= 0.6 is 23.2 Å². The Bertz CT molecular complexity index is 353. The molecule has 0 radical (unpaired) electrons. The van der Waals surface area contributed by atoms with Gasteiger partial charge < -0.3 is 10.4 Å². The molecule has 0 spiro atoms.